The van der Waals surface area contributed by atoms with E-state index < -0.39 is 8.32 Å². The van der Waals surface area contributed by atoms with Gasteiger partial charge in [0.05, 0.1) is 33.0 Å². The Kier molecular flexibility index (Phi) is 13.2. The number of likely N-dealkylation sites (tertiary alicyclic amines) is 1. The van der Waals surface area contributed by atoms with Crippen molar-refractivity contribution in [3.63, 3.8) is 0 Å². The first-order chi connectivity index (χ1) is 25.7. The fraction of sp³-hybridized carbons (Fsp3) is 0.381. The van der Waals surface area contributed by atoms with E-state index in [0.29, 0.717) is 61.5 Å². The number of hydrogen-bond donors (Lipinski definition) is 1. The van der Waals surface area contributed by atoms with E-state index in [1.54, 1.807) is 10.6 Å². The van der Waals surface area contributed by atoms with Crippen LogP contribution >= 0.6 is 15.9 Å². The van der Waals surface area contributed by atoms with E-state index in [4.69, 9.17) is 23.6 Å². The summed E-state index contributed by atoms with van der Waals surface area (Å²) in [7, 11) is -0.439. The number of likely N-dealkylation sites (N-methyl/N-ethyl adjacent to an activating group) is 1. The van der Waals surface area contributed by atoms with Gasteiger partial charge in [-0.25, -0.2) is 4.98 Å². The molecular weight excluding hydrogens is 748 g/mol. The Morgan fingerprint density at radius 3 is 2.13 bits per heavy atom. The van der Waals surface area contributed by atoms with Crippen molar-refractivity contribution in [2.24, 2.45) is 0 Å². The predicted octanol–water partition coefficient (Wildman–Crippen LogP) is 6.35. The van der Waals surface area contributed by atoms with Gasteiger partial charge in [-0.15, -0.1) is 0 Å². The first-order valence-corrected chi connectivity index (χ1v) is 21.1. The molecule has 9 nitrogen and oxygen atoms in total. The number of halogens is 1. The topological polar surface area (TPSA) is 86.6 Å². The van der Waals surface area contributed by atoms with E-state index in [-0.39, 0.29) is 16.6 Å². The summed E-state index contributed by atoms with van der Waals surface area (Å²) in [6.07, 6.45) is 2.64. The van der Waals surface area contributed by atoms with Crippen LogP contribution in [0.25, 0.3) is 5.65 Å². The Labute approximate surface area is 322 Å². The highest BCUT2D eigenvalue weighted by molar-refractivity contribution is 9.10. The molecule has 0 spiro atoms. The molecule has 1 aliphatic rings. The van der Waals surface area contributed by atoms with Crippen molar-refractivity contribution in [2.45, 2.75) is 44.2 Å². The summed E-state index contributed by atoms with van der Waals surface area (Å²) in [6.45, 7) is 11.5. The fourth-order valence-corrected chi connectivity index (χ4v) is 12.4. The average molecular weight is 800 g/mol. The number of fused-ring (bicyclic) bond motifs is 1. The van der Waals surface area contributed by atoms with Crippen LogP contribution in [-0.4, -0.2) is 88.4 Å². The lowest BCUT2D eigenvalue weighted by atomic mass is 9.88. The summed E-state index contributed by atoms with van der Waals surface area (Å²) in [6, 6.07) is 35.3. The van der Waals surface area contributed by atoms with Crippen LogP contribution < -0.4 is 26.0 Å². The second-order valence-corrected chi connectivity index (χ2v) is 19.8. The third-order valence-electron chi connectivity index (χ3n) is 9.81. The molecule has 5 aromatic rings. The maximum Gasteiger partial charge on any atom is 0.274 e. The molecule has 3 heterocycles. The smallest absolute Gasteiger partial charge is 0.274 e. The fourth-order valence-electron chi connectivity index (χ4n) is 7.44. The molecule has 2 atom stereocenters. The second kappa shape index (κ2) is 18.0. The van der Waals surface area contributed by atoms with Crippen molar-refractivity contribution < 1.29 is 18.6 Å². The summed E-state index contributed by atoms with van der Waals surface area (Å²) < 4.78 is 26.8. The molecule has 53 heavy (non-hydrogen) atoms. The summed E-state index contributed by atoms with van der Waals surface area (Å²) in [5.41, 5.74) is 1.71. The number of aromatic nitrogens is 2. The molecule has 11 heteroatoms. The zero-order valence-electron chi connectivity index (χ0n) is 31.2. The molecular formula is C42H51BrN4O5Si. The van der Waals surface area contributed by atoms with Crippen LogP contribution in [0, 0.1) is 0 Å². The lowest BCUT2D eigenvalue weighted by Crippen LogP contribution is -2.66. The van der Waals surface area contributed by atoms with Gasteiger partial charge in [0.1, 0.15) is 28.3 Å². The molecule has 0 bridgehead atoms. The summed E-state index contributed by atoms with van der Waals surface area (Å²) in [4.78, 5) is 19.9. The molecule has 0 amide bonds. The molecule has 2 aromatic heterocycles. The SMILES string of the molecule is CN1C[C@H](Nc2nc3ccccn3c(=O)c2Br)C[C@H](c2cccc(OCCOCCOCCO[Si](c3ccccc3)(c3ccccc3)C(C)(C)C)c2)C1. The summed E-state index contributed by atoms with van der Waals surface area (Å²) >= 11 is 3.48. The Hall–Kier alpha value is -3.84. The Bertz CT molecular complexity index is 1930. The van der Waals surface area contributed by atoms with Crippen molar-refractivity contribution in [2.75, 3.05) is 65.1 Å². The molecule has 3 aromatic carbocycles. The normalized spacial score (nSPS) is 16.8. The zero-order valence-corrected chi connectivity index (χ0v) is 33.8. The second-order valence-electron chi connectivity index (χ2n) is 14.7. The summed E-state index contributed by atoms with van der Waals surface area (Å²) in [5, 5.41) is 6.01. The Morgan fingerprint density at radius 2 is 1.45 bits per heavy atom. The number of piperidine rings is 1. The predicted molar refractivity (Wildman–Crippen MR) is 219 cm³/mol. The maximum absolute atomic E-state index is 12.9. The van der Waals surface area contributed by atoms with Gasteiger partial charge in [-0.2, -0.15) is 0 Å². The van der Waals surface area contributed by atoms with E-state index in [1.807, 2.05) is 30.3 Å². The molecule has 0 unspecified atom stereocenters. The van der Waals surface area contributed by atoms with Crippen LogP contribution in [0.5, 0.6) is 5.75 Å². The van der Waals surface area contributed by atoms with Crippen molar-refractivity contribution in [1.29, 1.82) is 0 Å². The summed E-state index contributed by atoms with van der Waals surface area (Å²) in [5.74, 6) is 1.70. The van der Waals surface area contributed by atoms with Gasteiger partial charge in [0.25, 0.3) is 13.9 Å². The minimum absolute atomic E-state index is 0.0679. The number of nitrogens with one attached hydrogen (secondary N) is 1. The van der Waals surface area contributed by atoms with Crippen LogP contribution in [0.2, 0.25) is 5.04 Å². The quantitative estimate of drug-likeness (QED) is 0.0915. The van der Waals surface area contributed by atoms with Crippen LogP contribution in [0.15, 0.2) is 119 Å². The molecule has 1 aliphatic heterocycles. The molecule has 0 aliphatic carbocycles. The monoisotopic (exact) mass is 798 g/mol. The highest BCUT2D eigenvalue weighted by atomic mass is 79.9. The molecule has 1 fully saturated rings. The van der Waals surface area contributed by atoms with Crippen LogP contribution in [0.3, 0.4) is 0 Å². The highest BCUT2D eigenvalue weighted by Crippen LogP contribution is 2.36. The number of nitrogens with zero attached hydrogens (tertiary/aromatic N) is 3. The van der Waals surface area contributed by atoms with Gasteiger partial charge >= 0.3 is 0 Å². The number of rotatable bonds is 16. The van der Waals surface area contributed by atoms with Gasteiger partial charge < -0.3 is 28.9 Å². The molecule has 280 valence electrons. The van der Waals surface area contributed by atoms with E-state index in [2.05, 4.69) is 127 Å². The number of anilines is 1. The maximum atomic E-state index is 12.9. The van der Waals surface area contributed by atoms with E-state index in [0.717, 1.165) is 25.3 Å². The van der Waals surface area contributed by atoms with Crippen molar-refractivity contribution in [3.8, 4) is 5.75 Å². The Balaban J connectivity index is 0.939. The van der Waals surface area contributed by atoms with E-state index >= 15 is 0 Å². The first-order valence-electron chi connectivity index (χ1n) is 18.4. The van der Waals surface area contributed by atoms with E-state index in [9.17, 15) is 4.79 Å². The minimum Gasteiger partial charge on any atom is -0.491 e. The lowest BCUT2D eigenvalue weighted by molar-refractivity contribution is 0.0264. The van der Waals surface area contributed by atoms with Gasteiger partial charge in [0, 0.05) is 25.3 Å². The standard InChI is InChI=1S/C42H51BrN4O5Si/c1-42(2,3)53(36-16-7-5-8-17-36,37-18-9-6-10-19-37)52-27-25-50-23-22-49-24-26-51-35-15-13-14-32(29-35)33-28-34(31-46(4)30-33)44-40-39(43)41(48)47-21-12-11-20-38(47)45-40/h5-21,29,33-34,44H,22-28,30-31H2,1-4H3/t33-,34+/m0/s1. The van der Waals surface area contributed by atoms with Gasteiger partial charge in [-0.3, -0.25) is 9.20 Å². The third kappa shape index (κ3) is 9.46. The third-order valence-corrected chi connectivity index (χ3v) is 15.6. The van der Waals surface area contributed by atoms with Gasteiger partial charge in [-0.05, 0) is 80.6 Å². The lowest BCUT2D eigenvalue weighted by Gasteiger charge is -2.43. The molecule has 6 rings (SSSR count). The van der Waals surface area contributed by atoms with Gasteiger partial charge in [0.2, 0.25) is 0 Å². The average Bonchev–Trinajstić information content (AvgIpc) is 3.16. The zero-order chi connectivity index (χ0) is 37.3. The highest BCUT2D eigenvalue weighted by Gasteiger charge is 2.50. The molecule has 0 radical (unpaired) electrons. The van der Waals surface area contributed by atoms with Crippen LogP contribution in [-0.2, 0) is 13.9 Å². The molecule has 1 saturated heterocycles. The largest absolute Gasteiger partial charge is 0.491 e. The number of hydrogen-bond acceptors (Lipinski definition) is 8. The van der Waals surface area contributed by atoms with E-state index in [1.165, 1.54) is 15.9 Å². The van der Waals surface area contributed by atoms with Crippen molar-refractivity contribution in [3.05, 3.63) is 130 Å². The van der Waals surface area contributed by atoms with Gasteiger partial charge in [0.15, 0.2) is 0 Å². The first kappa shape index (κ1) is 38.9. The van der Waals surface area contributed by atoms with Crippen molar-refractivity contribution >= 4 is 46.1 Å². The number of pyridine rings is 1. The Morgan fingerprint density at radius 1 is 0.811 bits per heavy atom. The molecule has 1 N–H and O–H groups in total. The molecule has 0 saturated carbocycles. The number of ether oxygens (including phenoxy) is 3. The van der Waals surface area contributed by atoms with Gasteiger partial charge in [-0.1, -0.05) is 99.6 Å². The van der Waals surface area contributed by atoms with Crippen LogP contribution in [0.1, 0.15) is 38.7 Å². The van der Waals surface area contributed by atoms with Crippen molar-refractivity contribution in [1.82, 2.24) is 14.3 Å². The minimum atomic E-state index is -2.57. The van der Waals surface area contributed by atoms with Crippen LogP contribution in [0.4, 0.5) is 5.82 Å². The number of benzene rings is 3.